The molecule has 4 heteroatoms. The monoisotopic (exact) mass is 163 g/mol. The Morgan fingerprint density at radius 3 is 2.50 bits per heavy atom. The van der Waals surface area contributed by atoms with Gasteiger partial charge in [-0.2, -0.15) is 12.6 Å². The van der Waals surface area contributed by atoms with Crippen molar-refractivity contribution < 1.29 is 14.9 Å². The van der Waals surface area contributed by atoms with Gasteiger partial charge in [0.2, 0.25) is 0 Å². The summed E-state index contributed by atoms with van der Waals surface area (Å²) in [4.78, 5) is 0. The third-order valence-corrected chi connectivity index (χ3v) is 2.04. The van der Waals surface area contributed by atoms with E-state index in [1.165, 1.54) is 6.61 Å². The van der Waals surface area contributed by atoms with Crippen LogP contribution in [-0.4, -0.2) is 33.8 Å². The summed E-state index contributed by atoms with van der Waals surface area (Å²) < 4.78 is 4.96. The predicted molar refractivity (Wildman–Crippen MR) is 39.6 cm³/mol. The molecule has 0 amide bonds. The number of hydrogen-bond acceptors (Lipinski definition) is 4. The molecule has 1 heterocycles. The van der Waals surface area contributed by atoms with Crippen LogP contribution in [0.3, 0.4) is 0 Å². The fourth-order valence-electron chi connectivity index (χ4n) is 0.845. The molecule has 1 rings (SSSR count). The molecule has 3 nitrogen and oxygen atoms in total. The van der Waals surface area contributed by atoms with Crippen LogP contribution in [0.15, 0.2) is 0 Å². The van der Waals surface area contributed by atoms with Crippen LogP contribution in [0.2, 0.25) is 0 Å². The number of ether oxygens (including phenoxy) is 1. The van der Waals surface area contributed by atoms with E-state index >= 15 is 0 Å². The van der Waals surface area contributed by atoms with Crippen molar-refractivity contribution in [2.45, 2.75) is 30.5 Å². The Bertz CT molecular complexity index is 106. The first kappa shape index (κ1) is 8.33. The van der Waals surface area contributed by atoms with Crippen LogP contribution in [0.25, 0.3) is 0 Å². The third kappa shape index (κ3) is 1.45. The van der Waals surface area contributed by atoms with Gasteiger partial charge < -0.3 is 14.9 Å². The van der Waals surface area contributed by atoms with Crippen LogP contribution in [0.5, 0.6) is 0 Å². The maximum absolute atomic E-state index is 9.18. The molecule has 59 valence electrons. The summed E-state index contributed by atoms with van der Waals surface area (Å²) in [5.74, 6) is 0. The predicted octanol–water partition coefficient (Wildman–Crippen LogP) is -0.413. The van der Waals surface area contributed by atoms with Crippen LogP contribution >= 0.6 is 12.6 Å². The average Bonchev–Trinajstić information content (AvgIpc) is 1.93. The highest BCUT2D eigenvalue weighted by Gasteiger charge is 2.34. The van der Waals surface area contributed by atoms with Gasteiger partial charge in [0.05, 0.1) is 24.1 Å². The maximum Gasteiger partial charge on any atom is 0.107 e. The lowest BCUT2D eigenvalue weighted by Gasteiger charge is -2.33. The molecule has 0 aromatic heterocycles. The SMILES string of the molecule is C[C@H]1O[CH][C@H](S)[C@@H](O)[C@H]1O. The van der Waals surface area contributed by atoms with E-state index < -0.39 is 12.2 Å². The van der Waals surface area contributed by atoms with E-state index in [-0.39, 0.29) is 11.4 Å². The van der Waals surface area contributed by atoms with Gasteiger partial charge >= 0.3 is 0 Å². The number of thiol groups is 1. The normalized spacial score (nSPS) is 49.2. The van der Waals surface area contributed by atoms with Crippen molar-refractivity contribution in [1.29, 1.82) is 0 Å². The Labute approximate surface area is 65.4 Å². The number of aliphatic hydroxyl groups excluding tert-OH is 2. The molecule has 1 fully saturated rings. The van der Waals surface area contributed by atoms with E-state index in [1.54, 1.807) is 6.92 Å². The first-order valence-electron chi connectivity index (χ1n) is 3.16. The molecule has 2 N–H and O–H groups in total. The quantitative estimate of drug-likeness (QED) is 0.425. The number of aliphatic hydroxyl groups is 2. The van der Waals surface area contributed by atoms with Gasteiger partial charge in [-0.25, -0.2) is 0 Å². The van der Waals surface area contributed by atoms with E-state index in [4.69, 9.17) is 4.74 Å². The standard InChI is InChI=1S/C6H11O3S/c1-3-5(7)6(8)4(10)2-9-3/h2-8,10H,1H3/t3-,4+,5+,6-/m1/s1. The molecule has 0 aliphatic carbocycles. The lowest BCUT2D eigenvalue weighted by atomic mass is 10.0. The second-order valence-corrected chi connectivity index (χ2v) is 3.05. The molecule has 1 saturated heterocycles. The van der Waals surface area contributed by atoms with E-state index in [0.29, 0.717) is 0 Å². The van der Waals surface area contributed by atoms with Gasteiger partial charge in [0.25, 0.3) is 0 Å². The molecule has 1 radical (unpaired) electrons. The zero-order valence-corrected chi connectivity index (χ0v) is 6.53. The minimum atomic E-state index is -0.826. The van der Waals surface area contributed by atoms with Crippen molar-refractivity contribution in [1.82, 2.24) is 0 Å². The van der Waals surface area contributed by atoms with Crippen LogP contribution in [0.4, 0.5) is 0 Å². The van der Waals surface area contributed by atoms with Gasteiger partial charge in [0.15, 0.2) is 0 Å². The second kappa shape index (κ2) is 3.09. The summed E-state index contributed by atoms with van der Waals surface area (Å²) in [5, 5.41) is 18.0. The van der Waals surface area contributed by atoms with E-state index in [0.717, 1.165) is 0 Å². The Morgan fingerprint density at radius 2 is 2.00 bits per heavy atom. The van der Waals surface area contributed by atoms with Crippen LogP contribution in [0, 0.1) is 6.61 Å². The topological polar surface area (TPSA) is 49.7 Å². The first-order chi connectivity index (χ1) is 4.63. The molecule has 4 atom stereocenters. The van der Waals surface area contributed by atoms with Crippen LogP contribution in [-0.2, 0) is 4.74 Å². The molecule has 0 aromatic carbocycles. The summed E-state index contributed by atoms with van der Waals surface area (Å²) in [6.45, 7) is 3.13. The van der Waals surface area contributed by atoms with Gasteiger partial charge in [0.1, 0.15) is 6.10 Å². The molecule has 0 saturated carbocycles. The molecule has 10 heavy (non-hydrogen) atoms. The molecule has 1 aliphatic heterocycles. The molecule has 1 aliphatic rings. The van der Waals surface area contributed by atoms with Crippen LogP contribution < -0.4 is 0 Å². The summed E-state index contributed by atoms with van der Waals surface area (Å²) >= 11 is 3.97. The van der Waals surface area contributed by atoms with E-state index in [2.05, 4.69) is 12.6 Å². The van der Waals surface area contributed by atoms with Crippen molar-refractivity contribution in [3.05, 3.63) is 6.61 Å². The fraction of sp³-hybridized carbons (Fsp3) is 0.833. The van der Waals surface area contributed by atoms with Crippen molar-refractivity contribution >= 4 is 12.6 Å². The third-order valence-electron chi connectivity index (χ3n) is 1.61. The highest BCUT2D eigenvalue weighted by atomic mass is 32.1. The Kier molecular flexibility index (Phi) is 2.57. The Hall–Kier alpha value is 0.230. The summed E-state index contributed by atoms with van der Waals surface area (Å²) in [6, 6.07) is 0. The zero-order chi connectivity index (χ0) is 7.72. The Morgan fingerprint density at radius 1 is 1.40 bits per heavy atom. The highest BCUT2D eigenvalue weighted by Crippen LogP contribution is 2.21. The molecule has 0 spiro atoms. The molecular weight excluding hydrogens is 152 g/mol. The second-order valence-electron chi connectivity index (χ2n) is 2.45. The Balaban J connectivity index is 2.52. The summed E-state index contributed by atoms with van der Waals surface area (Å²) in [7, 11) is 0. The first-order valence-corrected chi connectivity index (χ1v) is 3.67. The number of hydrogen-bond donors (Lipinski definition) is 3. The van der Waals surface area contributed by atoms with Crippen molar-refractivity contribution in [2.75, 3.05) is 0 Å². The van der Waals surface area contributed by atoms with E-state index in [9.17, 15) is 10.2 Å². The number of rotatable bonds is 0. The largest absolute Gasteiger partial charge is 0.389 e. The van der Waals surface area contributed by atoms with Crippen molar-refractivity contribution in [3.63, 3.8) is 0 Å². The lowest BCUT2D eigenvalue weighted by molar-refractivity contribution is -0.0990. The summed E-state index contributed by atoms with van der Waals surface area (Å²) in [5.41, 5.74) is 0. The zero-order valence-electron chi connectivity index (χ0n) is 5.64. The van der Waals surface area contributed by atoms with Gasteiger partial charge in [-0.1, -0.05) is 0 Å². The smallest absolute Gasteiger partial charge is 0.107 e. The van der Waals surface area contributed by atoms with Gasteiger partial charge in [-0.05, 0) is 6.92 Å². The highest BCUT2D eigenvalue weighted by molar-refractivity contribution is 7.81. The molecule has 0 bridgehead atoms. The summed E-state index contributed by atoms with van der Waals surface area (Å²) in [6.07, 6.45) is -1.97. The molecule has 0 unspecified atom stereocenters. The molecule has 0 aromatic rings. The van der Waals surface area contributed by atoms with Gasteiger partial charge in [-0.3, -0.25) is 0 Å². The van der Waals surface area contributed by atoms with Gasteiger partial charge in [-0.15, -0.1) is 0 Å². The van der Waals surface area contributed by atoms with Gasteiger partial charge in [0, 0.05) is 0 Å². The van der Waals surface area contributed by atoms with E-state index in [1.807, 2.05) is 0 Å². The van der Waals surface area contributed by atoms with Crippen molar-refractivity contribution in [2.24, 2.45) is 0 Å². The minimum Gasteiger partial charge on any atom is -0.389 e. The average molecular weight is 163 g/mol. The molecular formula is C6H11O3S. The fourth-order valence-corrected chi connectivity index (χ4v) is 1.09. The van der Waals surface area contributed by atoms with Crippen LogP contribution in [0.1, 0.15) is 6.92 Å². The van der Waals surface area contributed by atoms with Crippen molar-refractivity contribution in [3.8, 4) is 0 Å². The maximum atomic E-state index is 9.18. The minimum absolute atomic E-state index is 0.335. The lowest BCUT2D eigenvalue weighted by Crippen LogP contribution is -2.47.